The van der Waals surface area contributed by atoms with Gasteiger partial charge in [0.25, 0.3) is 5.91 Å². The standard InChI is InChI=1S/C33H35N5O4/c1-23-3-5-24(6-4-23)21-38-22-26(20-34-38)33(40)35-27-7-10-32(39)29(19-27)31-18-25-17-28(8-9-30(25)36-31)42-14-2-11-37-12-15-41-16-13-37/h3-9,17-20,22,36H,2,10-16,21H2,1H3,(H,35,40). The second-order valence-corrected chi connectivity index (χ2v) is 10.8. The molecule has 4 aromatic rings. The molecule has 1 aliphatic carbocycles. The monoisotopic (exact) mass is 565 g/mol. The maximum Gasteiger partial charge on any atom is 0.258 e. The lowest BCUT2D eigenvalue weighted by Gasteiger charge is -2.26. The van der Waals surface area contributed by atoms with Gasteiger partial charge in [0.15, 0.2) is 5.78 Å². The number of benzene rings is 2. The van der Waals surface area contributed by atoms with Crippen molar-refractivity contribution in [3.8, 4) is 5.75 Å². The molecular formula is C33H35N5O4. The van der Waals surface area contributed by atoms with E-state index in [0.717, 1.165) is 61.5 Å². The number of aryl methyl sites for hydroxylation is 1. The number of carbonyl (C=O) groups excluding carboxylic acids is 2. The molecule has 3 heterocycles. The van der Waals surface area contributed by atoms with Gasteiger partial charge in [-0.2, -0.15) is 5.10 Å². The highest BCUT2D eigenvalue weighted by atomic mass is 16.5. The Hall–Kier alpha value is -4.47. The summed E-state index contributed by atoms with van der Waals surface area (Å²) in [4.78, 5) is 31.6. The second kappa shape index (κ2) is 12.6. The van der Waals surface area contributed by atoms with Crippen LogP contribution < -0.4 is 10.1 Å². The smallest absolute Gasteiger partial charge is 0.258 e. The zero-order valence-corrected chi connectivity index (χ0v) is 23.8. The van der Waals surface area contributed by atoms with E-state index in [1.165, 1.54) is 5.56 Å². The highest BCUT2D eigenvalue weighted by Gasteiger charge is 2.20. The largest absolute Gasteiger partial charge is 0.494 e. The van der Waals surface area contributed by atoms with Crippen LogP contribution in [-0.2, 0) is 16.1 Å². The number of morpholine rings is 1. The highest BCUT2D eigenvalue weighted by molar-refractivity contribution is 6.23. The zero-order valence-electron chi connectivity index (χ0n) is 23.8. The van der Waals surface area contributed by atoms with Crippen molar-refractivity contribution < 1.29 is 19.1 Å². The van der Waals surface area contributed by atoms with E-state index < -0.39 is 0 Å². The first-order valence-electron chi connectivity index (χ1n) is 14.4. The van der Waals surface area contributed by atoms with Crippen molar-refractivity contribution in [2.75, 3.05) is 39.5 Å². The molecule has 1 aliphatic heterocycles. The first-order chi connectivity index (χ1) is 20.5. The molecular weight excluding hydrogens is 530 g/mol. The fourth-order valence-corrected chi connectivity index (χ4v) is 5.22. The lowest BCUT2D eigenvalue weighted by atomic mass is 9.98. The molecule has 1 fully saturated rings. The number of fused-ring (bicyclic) bond motifs is 1. The predicted octanol–water partition coefficient (Wildman–Crippen LogP) is 4.49. The number of carbonyl (C=O) groups is 2. The number of aromatic nitrogens is 3. The van der Waals surface area contributed by atoms with Gasteiger partial charge in [-0.3, -0.25) is 19.2 Å². The van der Waals surface area contributed by atoms with E-state index in [-0.39, 0.29) is 18.1 Å². The number of aromatic amines is 1. The minimum atomic E-state index is -0.270. The van der Waals surface area contributed by atoms with Crippen LogP contribution in [0.2, 0.25) is 0 Å². The summed E-state index contributed by atoms with van der Waals surface area (Å²) < 4.78 is 13.2. The summed E-state index contributed by atoms with van der Waals surface area (Å²) in [6.07, 6.45) is 7.92. The number of Topliss-reactive ketones (excluding diaryl/α,β-unsaturated/α-hetero) is 1. The van der Waals surface area contributed by atoms with Gasteiger partial charge in [-0.1, -0.05) is 35.9 Å². The van der Waals surface area contributed by atoms with Crippen LogP contribution in [0, 0.1) is 6.92 Å². The fourth-order valence-electron chi connectivity index (χ4n) is 5.22. The molecule has 2 aliphatic rings. The van der Waals surface area contributed by atoms with Crippen LogP contribution in [0.15, 0.2) is 78.8 Å². The maximum atomic E-state index is 13.0. The van der Waals surface area contributed by atoms with Gasteiger partial charge in [-0.25, -0.2) is 0 Å². The summed E-state index contributed by atoms with van der Waals surface area (Å²) in [6.45, 7) is 7.83. The van der Waals surface area contributed by atoms with Crippen molar-refractivity contribution in [1.29, 1.82) is 0 Å². The Balaban J connectivity index is 1.08. The lowest BCUT2D eigenvalue weighted by Crippen LogP contribution is -2.37. The number of amides is 1. The molecule has 42 heavy (non-hydrogen) atoms. The summed E-state index contributed by atoms with van der Waals surface area (Å²) in [5, 5.41) is 8.24. The Labute approximate surface area is 244 Å². The van der Waals surface area contributed by atoms with Crippen molar-refractivity contribution in [3.05, 3.63) is 101 Å². The van der Waals surface area contributed by atoms with Gasteiger partial charge in [0.05, 0.1) is 43.8 Å². The Morgan fingerprint density at radius 1 is 1.12 bits per heavy atom. The average molecular weight is 566 g/mol. The normalized spacial score (nSPS) is 15.9. The Morgan fingerprint density at radius 2 is 1.95 bits per heavy atom. The minimum Gasteiger partial charge on any atom is -0.494 e. The summed E-state index contributed by atoms with van der Waals surface area (Å²) in [5.41, 5.74) is 5.51. The van der Waals surface area contributed by atoms with E-state index in [4.69, 9.17) is 9.47 Å². The maximum absolute atomic E-state index is 13.0. The topological polar surface area (TPSA) is 101 Å². The Kier molecular flexibility index (Phi) is 8.30. The van der Waals surface area contributed by atoms with E-state index >= 15 is 0 Å². The van der Waals surface area contributed by atoms with Crippen LogP contribution in [0.5, 0.6) is 5.75 Å². The van der Waals surface area contributed by atoms with E-state index in [2.05, 4.69) is 44.6 Å². The lowest BCUT2D eigenvalue weighted by molar-refractivity contribution is -0.113. The van der Waals surface area contributed by atoms with E-state index in [1.807, 2.05) is 31.2 Å². The Bertz CT molecular complexity index is 1640. The number of hydrogen-bond acceptors (Lipinski definition) is 6. The molecule has 0 atom stereocenters. The van der Waals surface area contributed by atoms with Crippen LogP contribution in [0.1, 0.15) is 40.0 Å². The fraction of sp³-hybridized carbons (Fsp3) is 0.303. The summed E-state index contributed by atoms with van der Waals surface area (Å²) in [5.74, 6) is 0.522. The van der Waals surface area contributed by atoms with Gasteiger partial charge in [0.1, 0.15) is 5.75 Å². The molecule has 2 N–H and O–H groups in total. The minimum absolute atomic E-state index is 0.00920. The van der Waals surface area contributed by atoms with Crippen LogP contribution in [0.3, 0.4) is 0 Å². The average Bonchev–Trinajstić information content (AvgIpc) is 3.65. The number of rotatable bonds is 10. The van der Waals surface area contributed by atoms with Crippen LogP contribution in [0.4, 0.5) is 0 Å². The zero-order chi connectivity index (χ0) is 28.9. The number of ketones is 1. The molecule has 0 radical (unpaired) electrons. The molecule has 2 aromatic carbocycles. The number of nitrogens with zero attached hydrogens (tertiary/aromatic N) is 3. The van der Waals surface area contributed by atoms with Crippen LogP contribution >= 0.6 is 0 Å². The SMILES string of the molecule is Cc1ccc(Cn2cc(C(=O)NC3=CCC(=O)C(c4cc5cc(OCCCN6CCOCC6)ccc5[nH]4)=C3)cn2)cc1. The van der Waals surface area contributed by atoms with E-state index in [1.54, 1.807) is 29.2 Å². The molecule has 216 valence electrons. The van der Waals surface area contributed by atoms with Crippen molar-refractivity contribution in [2.24, 2.45) is 0 Å². The number of H-pyrrole nitrogens is 1. The number of hydrogen-bond donors (Lipinski definition) is 2. The van der Waals surface area contributed by atoms with Gasteiger partial charge in [0, 0.05) is 54.4 Å². The third kappa shape index (κ3) is 6.70. The van der Waals surface area contributed by atoms with Gasteiger partial charge >= 0.3 is 0 Å². The van der Waals surface area contributed by atoms with Gasteiger partial charge in [-0.05, 0) is 49.2 Å². The number of nitrogens with one attached hydrogen (secondary N) is 2. The molecule has 0 unspecified atom stereocenters. The number of allylic oxidation sites excluding steroid dienone is 3. The molecule has 6 rings (SSSR count). The van der Waals surface area contributed by atoms with Crippen molar-refractivity contribution in [3.63, 3.8) is 0 Å². The molecule has 2 aromatic heterocycles. The third-order valence-corrected chi connectivity index (χ3v) is 7.60. The second-order valence-electron chi connectivity index (χ2n) is 10.8. The van der Waals surface area contributed by atoms with Crippen LogP contribution in [0.25, 0.3) is 16.5 Å². The van der Waals surface area contributed by atoms with Crippen LogP contribution in [-0.4, -0.2) is 70.8 Å². The summed E-state index contributed by atoms with van der Waals surface area (Å²) in [7, 11) is 0. The van der Waals surface area contributed by atoms with Crippen molar-refractivity contribution >= 4 is 28.2 Å². The molecule has 0 saturated carbocycles. The quantitative estimate of drug-likeness (QED) is 0.275. The first-order valence-corrected chi connectivity index (χ1v) is 14.4. The molecule has 1 amide bonds. The predicted molar refractivity (Wildman–Crippen MR) is 161 cm³/mol. The summed E-state index contributed by atoms with van der Waals surface area (Å²) in [6, 6.07) is 16.1. The van der Waals surface area contributed by atoms with Crippen molar-refractivity contribution in [1.82, 2.24) is 25.0 Å². The first kappa shape index (κ1) is 27.7. The van der Waals surface area contributed by atoms with Gasteiger partial charge in [-0.15, -0.1) is 0 Å². The summed E-state index contributed by atoms with van der Waals surface area (Å²) >= 11 is 0. The Morgan fingerprint density at radius 3 is 2.79 bits per heavy atom. The van der Waals surface area contributed by atoms with Gasteiger partial charge in [0.2, 0.25) is 0 Å². The van der Waals surface area contributed by atoms with E-state index in [9.17, 15) is 9.59 Å². The van der Waals surface area contributed by atoms with Gasteiger partial charge < -0.3 is 19.8 Å². The third-order valence-electron chi connectivity index (χ3n) is 7.60. The van der Waals surface area contributed by atoms with Crippen molar-refractivity contribution in [2.45, 2.75) is 26.3 Å². The molecule has 0 spiro atoms. The molecule has 1 saturated heterocycles. The van der Waals surface area contributed by atoms with E-state index in [0.29, 0.717) is 35.7 Å². The molecule has 0 bridgehead atoms. The number of ether oxygens (including phenoxy) is 2. The molecule has 9 nitrogen and oxygen atoms in total. The molecule has 9 heteroatoms. The highest BCUT2D eigenvalue weighted by Crippen LogP contribution is 2.28.